The van der Waals surface area contributed by atoms with Crippen LogP contribution in [0.25, 0.3) is 0 Å². The second kappa shape index (κ2) is 4.78. The smallest absolute Gasteiger partial charge is 0.225 e. The highest BCUT2D eigenvalue weighted by molar-refractivity contribution is 5.81. The van der Waals surface area contributed by atoms with Crippen LogP contribution in [0.15, 0.2) is 0 Å². The summed E-state index contributed by atoms with van der Waals surface area (Å²) in [5.74, 6) is 0.143. The summed E-state index contributed by atoms with van der Waals surface area (Å²) >= 11 is 0. The fourth-order valence-electron chi connectivity index (χ4n) is 1.15. The maximum atomic E-state index is 11.4. The molecule has 1 rings (SSSR count). The topological polar surface area (TPSA) is 41.1 Å². The molecule has 0 radical (unpaired) electrons. The van der Waals surface area contributed by atoms with Gasteiger partial charge in [-0.1, -0.05) is 20.8 Å². The van der Waals surface area contributed by atoms with E-state index in [0.717, 1.165) is 25.6 Å². The van der Waals surface area contributed by atoms with Crippen molar-refractivity contribution in [2.24, 2.45) is 5.41 Å². The largest absolute Gasteiger partial charge is 0.356 e. The molecular formula is C11H22N2O. The number of carbonyl (C=O) groups is 1. The Morgan fingerprint density at radius 2 is 1.93 bits per heavy atom. The predicted octanol–water partition coefficient (Wildman–Crippen LogP) is 1.29. The van der Waals surface area contributed by atoms with Crippen molar-refractivity contribution in [2.45, 2.75) is 46.1 Å². The van der Waals surface area contributed by atoms with Crippen LogP contribution in [-0.2, 0) is 4.79 Å². The first kappa shape index (κ1) is 11.5. The summed E-state index contributed by atoms with van der Waals surface area (Å²) in [4.78, 5) is 11.4. The molecule has 0 saturated heterocycles. The molecule has 3 heteroatoms. The van der Waals surface area contributed by atoms with E-state index in [1.54, 1.807) is 0 Å². The molecule has 0 unspecified atom stereocenters. The van der Waals surface area contributed by atoms with E-state index in [1.165, 1.54) is 12.8 Å². The molecule has 14 heavy (non-hydrogen) atoms. The van der Waals surface area contributed by atoms with Crippen LogP contribution in [0.1, 0.15) is 40.0 Å². The molecule has 0 aromatic carbocycles. The van der Waals surface area contributed by atoms with E-state index >= 15 is 0 Å². The fourth-order valence-corrected chi connectivity index (χ4v) is 1.15. The summed E-state index contributed by atoms with van der Waals surface area (Å²) in [6.07, 6.45) is 3.68. The average molecular weight is 198 g/mol. The Bertz CT molecular complexity index is 192. The third-order valence-electron chi connectivity index (χ3n) is 2.33. The van der Waals surface area contributed by atoms with Crippen molar-refractivity contribution in [3.05, 3.63) is 0 Å². The minimum Gasteiger partial charge on any atom is -0.356 e. The van der Waals surface area contributed by atoms with Gasteiger partial charge in [0.05, 0.1) is 0 Å². The molecule has 0 aromatic rings. The highest BCUT2D eigenvalue weighted by Crippen LogP contribution is 2.18. The molecule has 1 aliphatic rings. The zero-order valence-corrected chi connectivity index (χ0v) is 9.52. The summed E-state index contributed by atoms with van der Waals surface area (Å²) in [6.45, 7) is 7.62. The zero-order valence-electron chi connectivity index (χ0n) is 9.52. The first-order valence-corrected chi connectivity index (χ1v) is 5.52. The Balaban J connectivity index is 1.94. The molecule has 0 bridgehead atoms. The van der Waals surface area contributed by atoms with Gasteiger partial charge in [0, 0.05) is 18.0 Å². The molecule has 82 valence electrons. The average Bonchev–Trinajstić information content (AvgIpc) is 2.85. The molecule has 1 saturated carbocycles. The monoisotopic (exact) mass is 198 g/mol. The van der Waals surface area contributed by atoms with Crippen molar-refractivity contribution in [1.29, 1.82) is 0 Å². The van der Waals surface area contributed by atoms with Gasteiger partial charge in [0.25, 0.3) is 0 Å². The van der Waals surface area contributed by atoms with Crippen molar-refractivity contribution < 1.29 is 4.79 Å². The minimum atomic E-state index is -0.260. The quantitative estimate of drug-likeness (QED) is 0.654. The van der Waals surface area contributed by atoms with Crippen LogP contribution in [0.3, 0.4) is 0 Å². The SMILES string of the molecule is CC(C)(C)C(=O)NCCCNC1CC1. The van der Waals surface area contributed by atoms with Crippen LogP contribution in [0.4, 0.5) is 0 Å². The Morgan fingerprint density at radius 3 is 2.43 bits per heavy atom. The molecule has 1 fully saturated rings. The van der Waals surface area contributed by atoms with Crippen LogP contribution in [-0.4, -0.2) is 25.0 Å². The van der Waals surface area contributed by atoms with E-state index in [0.29, 0.717) is 0 Å². The van der Waals surface area contributed by atoms with Crippen LogP contribution < -0.4 is 10.6 Å². The lowest BCUT2D eigenvalue weighted by atomic mass is 9.96. The highest BCUT2D eigenvalue weighted by atomic mass is 16.2. The highest BCUT2D eigenvalue weighted by Gasteiger charge is 2.21. The van der Waals surface area contributed by atoms with Crippen molar-refractivity contribution in [2.75, 3.05) is 13.1 Å². The number of hydrogen-bond donors (Lipinski definition) is 2. The standard InChI is InChI=1S/C11H22N2O/c1-11(2,3)10(14)13-8-4-7-12-9-5-6-9/h9,12H,4-8H2,1-3H3,(H,13,14). The fraction of sp³-hybridized carbons (Fsp3) is 0.909. The number of hydrogen-bond acceptors (Lipinski definition) is 2. The van der Waals surface area contributed by atoms with Gasteiger partial charge in [0.2, 0.25) is 5.91 Å². The summed E-state index contributed by atoms with van der Waals surface area (Å²) in [7, 11) is 0. The van der Waals surface area contributed by atoms with E-state index in [4.69, 9.17) is 0 Å². The van der Waals surface area contributed by atoms with Gasteiger partial charge in [-0.15, -0.1) is 0 Å². The molecule has 2 N–H and O–H groups in total. The third kappa shape index (κ3) is 4.61. The molecule has 0 aromatic heterocycles. The second-order valence-electron chi connectivity index (χ2n) is 5.09. The Labute approximate surface area is 86.6 Å². The zero-order chi connectivity index (χ0) is 10.6. The minimum absolute atomic E-state index is 0.143. The van der Waals surface area contributed by atoms with Crippen molar-refractivity contribution in [3.8, 4) is 0 Å². The van der Waals surface area contributed by atoms with Crippen LogP contribution in [0.2, 0.25) is 0 Å². The number of amides is 1. The number of nitrogens with one attached hydrogen (secondary N) is 2. The third-order valence-corrected chi connectivity index (χ3v) is 2.33. The first-order valence-electron chi connectivity index (χ1n) is 5.52. The predicted molar refractivity (Wildman–Crippen MR) is 58.1 cm³/mol. The van der Waals surface area contributed by atoms with E-state index in [9.17, 15) is 4.79 Å². The molecule has 1 amide bonds. The Morgan fingerprint density at radius 1 is 1.29 bits per heavy atom. The van der Waals surface area contributed by atoms with Gasteiger partial charge in [0.1, 0.15) is 0 Å². The molecule has 1 aliphatic carbocycles. The van der Waals surface area contributed by atoms with Gasteiger partial charge >= 0.3 is 0 Å². The van der Waals surface area contributed by atoms with Gasteiger partial charge in [-0.05, 0) is 25.8 Å². The first-order chi connectivity index (χ1) is 6.50. The number of rotatable bonds is 5. The molecule has 3 nitrogen and oxygen atoms in total. The van der Waals surface area contributed by atoms with Crippen molar-refractivity contribution >= 4 is 5.91 Å². The van der Waals surface area contributed by atoms with Crippen LogP contribution >= 0.6 is 0 Å². The lowest BCUT2D eigenvalue weighted by Gasteiger charge is -2.17. The lowest BCUT2D eigenvalue weighted by molar-refractivity contribution is -0.128. The van der Waals surface area contributed by atoms with Crippen molar-refractivity contribution in [3.63, 3.8) is 0 Å². The van der Waals surface area contributed by atoms with Gasteiger partial charge in [-0.25, -0.2) is 0 Å². The van der Waals surface area contributed by atoms with E-state index in [1.807, 2.05) is 20.8 Å². The summed E-state index contributed by atoms with van der Waals surface area (Å²) in [5, 5.41) is 6.36. The van der Waals surface area contributed by atoms with Crippen LogP contribution in [0.5, 0.6) is 0 Å². The lowest BCUT2D eigenvalue weighted by Crippen LogP contribution is -2.36. The van der Waals surface area contributed by atoms with Gasteiger partial charge in [-0.3, -0.25) is 4.79 Å². The Hall–Kier alpha value is -0.570. The van der Waals surface area contributed by atoms with E-state index in [2.05, 4.69) is 10.6 Å². The van der Waals surface area contributed by atoms with Gasteiger partial charge < -0.3 is 10.6 Å². The van der Waals surface area contributed by atoms with E-state index in [-0.39, 0.29) is 11.3 Å². The van der Waals surface area contributed by atoms with Gasteiger partial charge in [0.15, 0.2) is 0 Å². The summed E-state index contributed by atoms with van der Waals surface area (Å²) in [5.41, 5.74) is -0.260. The van der Waals surface area contributed by atoms with Gasteiger partial charge in [-0.2, -0.15) is 0 Å². The summed E-state index contributed by atoms with van der Waals surface area (Å²) in [6, 6.07) is 0.772. The molecule has 0 spiro atoms. The van der Waals surface area contributed by atoms with Crippen LogP contribution in [0, 0.1) is 5.41 Å². The molecule has 0 aliphatic heterocycles. The maximum Gasteiger partial charge on any atom is 0.225 e. The maximum absolute atomic E-state index is 11.4. The molecular weight excluding hydrogens is 176 g/mol. The van der Waals surface area contributed by atoms with Crippen molar-refractivity contribution in [1.82, 2.24) is 10.6 Å². The second-order valence-corrected chi connectivity index (χ2v) is 5.09. The Kier molecular flexibility index (Phi) is 3.93. The molecule has 0 heterocycles. The van der Waals surface area contributed by atoms with E-state index < -0.39 is 0 Å². The molecule has 0 atom stereocenters. The normalized spacial score (nSPS) is 16.8. The number of carbonyl (C=O) groups excluding carboxylic acids is 1. The summed E-state index contributed by atoms with van der Waals surface area (Å²) < 4.78 is 0.